The molecule has 6 aromatic carbocycles. The molecule has 3 aliphatic carbocycles. The standard InChI is InChI=1S/C76H93N/c1-9-14-16-18-20-25-51-76(52-26-21-19-17-15-10-2)72-55-64(41-49-70(72)71-50-42-66(56-73(71)76)75(8,12-4)13-5)62-32-27-31-61(53-62)59-37-45-68(46-38-59)77(67-43-35-58(36-44-67)57-29-23-22-24-30-57)69-47-39-60(40-48-69)63-33-28-34-65(54-63)74(6,7)11-3/h22-23,27-29,32-50,53-56,61H,9-21,24-26,30-31,51-52H2,1-8H3. The summed E-state index contributed by atoms with van der Waals surface area (Å²) in [6.45, 7) is 18.9. The van der Waals surface area contributed by atoms with Crippen LogP contribution in [0.2, 0.25) is 0 Å². The number of benzene rings is 6. The first kappa shape index (κ1) is 55.8. The average Bonchev–Trinajstić information content (AvgIpc) is 3.97. The molecule has 1 nitrogen and oxygen atoms in total. The summed E-state index contributed by atoms with van der Waals surface area (Å²) < 4.78 is 0. The lowest BCUT2D eigenvalue weighted by Crippen LogP contribution is -2.27. The molecule has 1 unspecified atom stereocenters. The second kappa shape index (κ2) is 25.7. The average molecular weight is 1020 g/mol. The quantitative estimate of drug-likeness (QED) is 0.0490. The highest BCUT2D eigenvalue weighted by molar-refractivity contribution is 5.86. The van der Waals surface area contributed by atoms with Gasteiger partial charge in [-0.15, -0.1) is 0 Å². The monoisotopic (exact) mass is 1020 g/mol. The summed E-state index contributed by atoms with van der Waals surface area (Å²) in [4.78, 5) is 2.43. The molecule has 0 amide bonds. The minimum atomic E-state index is 0.0384. The first-order valence-corrected chi connectivity index (χ1v) is 30.8. The molecule has 9 rings (SSSR count). The smallest absolute Gasteiger partial charge is 0.0462 e. The van der Waals surface area contributed by atoms with Gasteiger partial charge in [0.2, 0.25) is 0 Å². The highest BCUT2D eigenvalue weighted by Gasteiger charge is 2.43. The van der Waals surface area contributed by atoms with E-state index in [9.17, 15) is 0 Å². The molecule has 0 N–H and O–H groups in total. The van der Waals surface area contributed by atoms with Gasteiger partial charge in [0.1, 0.15) is 0 Å². The Bertz CT molecular complexity index is 2980. The SMILES string of the molecule is CCCCCCCCC1(CCCCCCCC)c2cc(C3=CC(c4ccc(N(c5ccc(C6=CC=CCC6)cc5)c5ccc(-c6cccc(C(C)(C)CC)c6)cc5)cc4)CC=C3)ccc2-c2ccc(C(C)(CC)CC)cc21. The lowest BCUT2D eigenvalue weighted by atomic mass is 9.68. The third-order valence-corrected chi connectivity index (χ3v) is 19.0. The molecule has 6 aromatic rings. The molecule has 0 bridgehead atoms. The molecular formula is C76H93N. The highest BCUT2D eigenvalue weighted by atomic mass is 15.1. The molecule has 0 heterocycles. The molecule has 0 radical (unpaired) electrons. The Hall–Kier alpha value is -5.92. The number of hydrogen-bond acceptors (Lipinski definition) is 1. The zero-order chi connectivity index (χ0) is 53.8. The molecule has 0 aliphatic heterocycles. The first-order valence-electron chi connectivity index (χ1n) is 30.8. The number of hydrogen-bond donors (Lipinski definition) is 0. The summed E-state index contributed by atoms with van der Waals surface area (Å²) in [5, 5.41) is 0. The molecular weight excluding hydrogens is 927 g/mol. The zero-order valence-electron chi connectivity index (χ0n) is 48.8. The van der Waals surface area contributed by atoms with Crippen molar-refractivity contribution in [1.29, 1.82) is 0 Å². The Balaban J connectivity index is 1.04. The van der Waals surface area contributed by atoms with Gasteiger partial charge >= 0.3 is 0 Å². The molecule has 0 fully saturated rings. The lowest BCUT2D eigenvalue weighted by Gasteiger charge is -2.35. The van der Waals surface area contributed by atoms with Crippen molar-refractivity contribution in [2.24, 2.45) is 0 Å². The van der Waals surface area contributed by atoms with Crippen LogP contribution in [-0.2, 0) is 16.2 Å². The van der Waals surface area contributed by atoms with Gasteiger partial charge in [-0.05, 0) is 177 Å². The molecule has 1 heteroatoms. The van der Waals surface area contributed by atoms with Gasteiger partial charge in [-0.3, -0.25) is 0 Å². The van der Waals surface area contributed by atoms with Crippen molar-refractivity contribution in [3.8, 4) is 22.3 Å². The number of fused-ring (bicyclic) bond motifs is 3. The molecule has 3 aliphatic rings. The van der Waals surface area contributed by atoms with Gasteiger partial charge in [-0.25, -0.2) is 0 Å². The summed E-state index contributed by atoms with van der Waals surface area (Å²) in [5.41, 5.74) is 22.3. The Labute approximate surface area is 467 Å². The Morgan fingerprint density at radius 2 is 1.08 bits per heavy atom. The molecule has 1 atom stereocenters. The second-order valence-electron chi connectivity index (χ2n) is 24.3. The summed E-state index contributed by atoms with van der Waals surface area (Å²) in [5.74, 6) is 0.298. The van der Waals surface area contributed by atoms with Crippen LogP contribution in [0, 0.1) is 0 Å². The van der Waals surface area contributed by atoms with Crippen LogP contribution in [0.15, 0.2) is 170 Å². The number of rotatable bonds is 26. The minimum Gasteiger partial charge on any atom is -0.311 e. The maximum Gasteiger partial charge on any atom is 0.0462 e. The molecule has 0 saturated carbocycles. The molecule has 402 valence electrons. The highest BCUT2D eigenvalue weighted by Crippen LogP contribution is 2.56. The lowest BCUT2D eigenvalue weighted by molar-refractivity contribution is 0.395. The van der Waals surface area contributed by atoms with Crippen molar-refractivity contribution in [3.05, 3.63) is 209 Å². The van der Waals surface area contributed by atoms with Crippen LogP contribution in [0.4, 0.5) is 17.1 Å². The Kier molecular flexibility index (Phi) is 18.6. The Morgan fingerprint density at radius 1 is 0.506 bits per heavy atom. The van der Waals surface area contributed by atoms with Gasteiger partial charge in [0.15, 0.2) is 0 Å². The molecule has 0 aromatic heterocycles. The fourth-order valence-corrected chi connectivity index (χ4v) is 13.0. The van der Waals surface area contributed by atoms with E-state index in [1.165, 1.54) is 162 Å². The van der Waals surface area contributed by atoms with Crippen molar-refractivity contribution >= 4 is 28.2 Å². The van der Waals surface area contributed by atoms with E-state index >= 15 is 0 Å². The number of allylic oxidation sites excluding steroid dienone is 8. The minimum absolute atomic E-state index is 0.0384. The Morgan fingerprint density at radius 3 is 1.68 bits per heavy atom. The van der Waals surface area contributed by atoms with E-state index in [-0.39, 0.29) is 16.2 Å². The van der Waals surface area contributed by atoms with Crippen LogP contribution < -0.4 is 4.90 Å². The molecule has 77 heavy (non-hydrogen) atoms. The van der Waals surface area contributed by atoms with Crippen LogP contribution in [0.1, 0.15) is 229 Å². The van der Waals surface area contributed by atoms with Crippen LogP contribution >= 0.6 is 0 Å². The van der Waals surface area contributed by atoms with Gasteiger partial charge < -0.3 is 4.90 Å². The van der Waals surface area contributed by atoms with Crippen molar-refractivity contribution in [1.82, 2.24) is 0 Å². The predicted molar refractivity (Wildman–Crippen MR) is 337 cm³/mol. The van der Waals surface area contributed by atoms with Gasteiger partial charge in [0.05, 0.1) is 0 Å². The number of nitrogens with zero attached hydrogens (tertiary/aromatic N) is 1. The van der Waals surface area contributed by atoms with E-state index in [1.807, 2.05) is 0 Å². The van der Waals surface area contributed by atoms with Crippen molar-refractivity contribution in [3.63, 3.8) is 0 Å². The zero-order valence-corrected chi connectivity index (χ0v) is 48.8. The maximum absolute atomic E-state index is 2.71. The van der Waals surface area contributed by atoms with Gasteiger partial charge in [-0.2, -0.15) is 0 Å². The summed E-state index contributed by atoms with van der Waals surface area (Å²) in [6.07, 6.45) is 39.3. The normalized spacial score (nSPS) is 15.8. The van der Waals surface area contributed by atoms with E-state index in [1.54, 1.807) is 11.1 Å². The number of anilines is 3. The fraction of sp³-hybridized carbons (Fsp3) is 0.421. The van der Waals surface area contributed by atoms with E-state index < -0.39 is 0 Å². The molecule has 0 saturated heterocycles. The second-order valence-corrected chi connectivity index (χ2v) is 24.3. The van der Waals surface area contributed by atoms with Crippen LogP contribution in [0.3, 0.4) is 0 Å². The summed E-state index contributed by atoms with van der Waals surface area (Å²) >= 11 is 0. The third-order valence-electron chi connectivity index (χ3n) is 19.0. The topological polar surface area (TPSA) is 3.24 Å². The van der Waals surface area contributed by atoms with Crippen molar-refractivity contribution in [2.45, 2.75) is 206 Å². The van der Waals surface area contributed by atoms with Gasteiger partial charge in [-0.1, -0.05) is 260 Å². The number of unbranched alkanes of at least 4 members (excludes halogenated alkanes) is 10. The third kappa shape index (κ3) is 12.5. The van der Waals surface area contributed by atoms with Crippen LogP contribution in [-0.4, -0.2) is 0 Å². The van der Waals surface area contributed by atoms with E-state index in [0.29, 0.717) is 5.92 Å². The van der Waals surface area contributed by atoms with Crippen molar-refractivity contribution < 1.29 is 0 Å². The van der Waals surface area contributed by atoms with E-state index in [4.69, 9.17) is 0 Å². The van der Waals surface area contributed by atoms with Crippen molar-refractivity contribution in [2.75, 3.05) is 4.90 Å². The summed E-state index contributed by atoms with van der Waals surface area (Å²) in [6, 6.07) is 52.5. The van der Waals surface area contributed by atoms with E-state index in [2.05, 4.69) is 230 Å². The van der Waals surface area contributed by atoms with Crippen LogP contribution in [0.5, 0.6) is 0 Å². The summed E-state index contributed by atoms with van der Waals surface area (Å²) in [7, 11) is 0. The van der Waals surface area contributed by atoms with Crippen LogP contribution in [0.25, 0.3) is 33.4 Å². The largest absolute Gasteiger partial charge is 0.311 e. The first-order chi connectivity index (χ1) is 37.5. The fourth-order valence-electron chi connectivity index (χ4n) is 13.0. The maximum atomic E-state index is 2.71. The van der Waals surface area contributed by atoms with Gasteiger partial charge in [0, 0.05) is 28.4 Å². The van der Waals surface area contributed by atoms with Gasteiger partial charge in [0.25, 0.3) is 0 Å². The molecule has 0 spiro atoms. The van der Waals surface area contributed by atoms with E-state index in [0.717, 1.165) is 44.2 Å². The predicted octanol–water partition coefficient (Wildman–Crippen LogP) is 23.2.